The zero-order valence-corrected chi connectivity index (χ0v) is 20.4. The standard InChI is InChI=1S/C24H23N5O4S2/c30-21(9-7-17-6-8-19-20(14-17)33-16-32-19)25-23-26-27-24(35-23)34-15-22(31)29-12-10-28(11-13-29)18-4-2-1-3-5-18/h1-9,14H,10-13,15-16H2,(H,25,26,30)/b9-7-. The molecule has 2 aromatic carbocycles. The molecule has 1 aromatic heterocycles. The number of carbonyl (C=O) groups is 2. The lowest BCUT2D eigenvalue weighted by molar-refractivity contribution is -0.128. The quantitative estimate of drug-likeness (QED) is 0.294. The van der Waals surface area contributed by atoms with Gasteiger partial charge in [0.05, 0.1) is 5.75 Å². The molecule has 11 heteroatoms. The summed E-state index contributed by atoms with van der Waals surface area (Å²) in [5.74, 6) is 1.40. The second kappa shape index (κ2) is 10.8. The smallest absolute Gasteiger partial charge is 0.250 e. The van der Waals surface area contributed by atoms with E-state index >= 15 is 0 Å². The lowest BCUT2D eigenvalue weighted by Gasteiger charge is -2.36. The third-order valence-electron chi connectivity index (χ3n) is 5.53. The number of anilines is 2. The molecule has 3 heterocycles. The molecular weight excluding hydrogens is 486 g/mol. The number of para-hydroxylation sites is 1. The first-order chi connectivity index (χ1) is 17.1. The van der Waals surface area contributed by atoms with E-state index in [0.29, 0.717) is 34.1 Å². The lowest BCUT2D eigenvalue weighted by atomic mass is 10.2. The Morgan fingerprint density at radius 1 is 1.03 bits per heavy atom. The Kier molecular flexibility index (Phi) is 7.15. The number of nitrogens with zero attached hydrogens (tertiary/aromatic N) is 4. The van der Waals surface area contributed by atoms with E-state index < -0.39 is 0 Å². The van der Waals surface area contributed by atoms with Gasteiger partial charge < -0.3 is 19.3 Å². The summed E-state index contributed by atoms with van der Waals surface area (Å²) in [6, 6.07) is 15.7. The summed E-state index contributed by atoms with van der Waals surface area (Å²) < 4.78 is 11.3. The zero-order chi connectivity index (χ0) is 24.0. The molecule has 1 fully saturated rings. The first kappa shape index (κ1) is 23.2. The third-order valence-corrected chi connectivity index (χ3v) is 7.49. The van der Waals surface area contributed by atoms with Gasteiger partial charge in [-0.3, -0.25) is 14.9 Å². The highest BCUT2D eigenvalue weighted by Crippen LogP contribution is 2.33. The number of benzene rings is 2. The van der Waals surface area contributed by atoms with Gasteiger partial charge in [-0.1, -0.05) is 47.4 Å². The molecule has 3 aromatic rings. The van der Waals surface area contributed by atoms with Crippen molar-refractivity contribution in [1.82, 2.24) is 15.1 Å². The fourth-order valence-corrected chi connectivity index (χ4v) is 5.38. The minimum atomic E-state index is -0.317. The van der Waals surface area contributed by atoms with Crippen LogP contribution in [0.3, 0.4) is 0 Å². The number of amides is 2. The number of nitrogens with one attached hydrogen (secondary N) is 1. The maximum Gasteiger partial charge on any atom is 0.250 e. The van der Waals surface area contributed by atoms with Gasteiger partial charge in [-0.2, -0.15) is 0 Å². The van der Waals surface area contributed by atoms with Crippen LogP contribution in [-0.2, 0) is 9.59 Å². The minimum absolute atomic E-state index is 0.0788. The molecule has 0 atom stereocenters. The second-order valence-corrected chi connectivity index (χ2v) is 10.0. The van der Waals surface area contributed by atoms with E-state index in [1.165, 1.54) is 34.9 Å². The fourth-order valence-electron chi connectivity index (χ4n) is 3.72. The average Bonchev–Trinajstić information content (AvgIpc) is 3.55. The van der Waals surface area contributed by atoms with E-state index in [1.54, 1.807) is 12.1 Å². The van der Waals surface area contributed by atoms with Crippen LogP contribution < -0.4 is 19.7 Å². The normalized spacial score (nSPS) is 15.0. The van der Waals surface area contributed by atoms with Gasteiger partial charge in [0.2, 0.25) is 23.7 Å². The summed E-state index contributed by atoms with van der Waals surface area (Å²) >= 11 is 2.58. The van der Waals surface area contributed by atoms with Crippen molar-refractivity contribution in [2.75, 3.05) is 48.9 Å². The van der Waals surface area contributed by atoms with Crippen LogP contribution in [0.1, 0.15) is 5.56 Å². The predicted octanol–water partition coefficient (Wildman–Crippen LogP) is 3.36. The van der Waals surface area contributed by atoms with Crippen molar-refractivity contribution < 1.29 is 19.1 Å². The van der Waals surface area contributed by atoms with Crippen LogP contribution in [0, 0.1) is 0 Å². The van der Waals surface area contributed by atoms with Gasteiger partial charge in [-0.15, -0.1) is 10.2 Å². The maximum absolute atomic E-state index is 12.6. The van der Waals surface area contributed by atoms with Gasteiger partial charge >= 0.3 is 0 Å². The molecule has 0 aliphatic carbocycles. The molecular formula is C24H23N5O4S2. The van der Waals surface area contributed by atoms with E-state index in [4.69, 9.17) is 9.47 Å². The molecule has 1 saturated heterocycles. The molecule has 0 saturated carbocycles. The highest BCUT2D eigenvalue weighted by Gasteiger charge is 2.22. The van der Waals surface area contributed by atoms with Crippen LogP contribution in [0.4, 0.5) is 10.8 Å². The summed E-state index contributed by atoms with van der Waals surface area (Å²) in [4.78, 5) is 29.1. The number of thioether (sulfide) groups is 1. The van der Waals surface area contributed by atoms with Gasteiger partial charge in [0.1, 0.15) is 0 Å². The Morgan fingerprint density at radius 2 is 1.83 bits per heavy atom. The number of fused-ring (bicyclic) bond motifs is 1. The topological polar surface area (TPSA) is 96.9 Å². The Morgan fingerprint density at radius 3 is 2.66 bits per heavy atom. The summed E-state index contributed by atoms with van der Waals surface area (Å²) in [5, 5.41) is 11.2. The Bertz CT molecular complexity index is 1230. The summed E-state index contributed by atoms with van der Waals surface area (Å²) in [6.45, 7) is 3.23. The number of hydrogen-bond acceptors (Lipinski definition) is 9. The molecule has 9 nitrogen and oxygen atoms in total. The number of aromatic nitrogens is 2. The summed E-state index contributed by atoms with van der Waals surface area (Å²) in [5.41, 5.74) is 2.00. The average molecular weight is 510 g/mol. The largest absolute Gasteiger partial charge is 0.454 e. The molecule has 0 bridgehead atoms. The molecule has 1 N–H and O–H groups in total. The number of carbonyl (C=O) groups excluding carboxylic acids is 2. The van der Waals surface area contributed by atoms with E-state index in [1.807, 2.05) is 35.2 Å². The Hall–Kier alpha value is -3.57. The van der Waals surface area contributed by atoms with Gasteiger partial charge in [0.15, 0.2) is 15.8 Å². The van der Waals surface area contributed by atoms with Crippen LogP contribution in [-0.4, -0.2) is 65.6 Å². The molecule has 5 rings (SSSR count). The van der Waals surface area contributed by atoms with Gasteiger partial charge in [0, 0.05) is 37.9 Å². The molecule has 2 aliphatic heterocycles. The Balaban J connectivity index is 1.06. The molecule has 0 radical (unpaired) electrons. The van der Waals surface area contributed by atoms with Crippen molar-refractivity contribution in [3.8, 4) is 11.5 Å². The monoisotopic (exact) mass is 509 g/mol. The number of ether oxygens (including phenoxy) is 2. The van der Waals surface area contributed by atoms with Crippen molar-refractivity contribution in [2.24, 2.45) is 0 Å². The number of rotatable bonds is 7. The first-order valence-electron chi connectivity index (χ1n) is 11.1. The predicted molar refractivity (Wildman–Crippen MR) is 136 cm³/mol. The number of piperazine rings is 1. The van der Waals surface area contributed by atoms with E-state index in [0.717, 1.165) is 18.7 Å². The minimum Gasteiger partial charge on any atom is -0.454 e. The van der Waals surface area contributed by atoms with Crippen LogP contribution in [0.15, 0.2) is 58.9 Å². The first-order valence-corrected chi connectivity index (χ1v) is 12.9. The molecule has 2 aliphatic rings. The highest BCUT2D eigenvalue weighted by molar-refractivity contribution is 8.01. The molecule has 180 valence electrons. The van der Waals surface area contributed by atoms with Crippen molar-refractivity contribution in [3.63, 3.8) is 0 Å². The molecule has 35 heavy (non-hydrogen) atoms. The second-order valence-electron chi connectivity index (χ2n) is 7.80. The summed E-state index contributed by atoms with van der Waals surface area (Å²) in [7, 11) is 0. The molecule has 0 spiro atoms. The van der Waals surface area contributed by atoms with E-state index in [-0.39, 0.29) is 24.4 Å². The van der Waals surface area contributed by atoms with Crippen molar-refractivity contribution >= 4 is 51.8 Å². The van der Waals surface area contributed by atoms with Gasteiger partial charge in [-0.25, -0.2) is 0 Å². The van der Waals surface area contributed by atoms with Gasteiger partial charge in [0.25, 0.3) is 0 Å². The SMILES string of the molecule is O=C(/C=C\c1ccc2c(c1)OCO2)Nc1nnc(SCC(=O)N2CCN(c3ccccc3)CC2)s1. The maximum atomic E-state index is 12.6. The molecule has 2 amide bonds. The van der Waals surface area contributed by atoms with E-state index in [9.17, 15) is 9.59 Å². The molecule has 0 unspecified atom stereocenters. The van der Waals surface area contributed by atoms with Crippen LogP contribution in [0.2, 0.25) is 0 Å². The van der Waals surface area contributed by atoms with Crippen molar-refractivity contribution in [1.29, 1.82) is 0 Å². The van der Waals surface area contributed by atoms with Crippen molar-refractivity contribution in [2.45, 2.75) is 4.34 Å². The number of hydrogen-bond donors (Lipinski definition) is 1. The Labute approximate surface area is 210 Å². The summed E-state index contributed by atoms with van der Waals surface area (Å²) in [6.07, 6.45) is 3.11. The van der Waals surface area contributed by atoms with Crippen LogP contribution in [0.25, 0.3) is 6.08 Å². The highest BCUT2D eigenvalue weighted by atomic mass is 32.2. The van der Waals surface area contributed by atoms with E-state index in [2.05, 4.69) is 32.5 Å². The van der Waals surface area contributed by atoms with Crippen LogP contribution >= 0.6 is 23.1 Å². The van der Waals surface area contributed by atoms with Gasteiger partial charge in [-0.05, 0) is 35.9 Å². The van der Waals surface area contributed by atoms with Crippen LogP contribution in [0.5, 0.6) is 11.5 Å². The lowest BCUT2D eigenvalue weighted by Crippen LogP contribution is -2.49. The fraction of sp³-hybridized carbons (Fsp3) is 0.250. The van der Waals surface area contributed by atoms with Crippen molar-refractivity contribution in [3.05, 3.63) is 60.2 Å². The third kappa shape index (κ3) is 5.92. The zero-order valence-electron chi connectivity index (χ0n) is 18.8.